The molecule has 0 saturated carbocycles. The van der Waals surface area contributed by atoms with Crippen LogP contribution >= 0.6 is 0 Å². The van der Waals surface area contributed by atoms with Crippen molar-refractivity contribution in [3.05, 3.63) is 42.0 Å². The Hall–Kier alpha value is -3.09. The average molecular weight is 359 g/mol. The first kappa shape index (κ1) is 17.7. The van der Waals surface area contributed by atoms with Gasteiger partial charge in [0.2, 0.25) is 12.7 Å². The molecular formula is C19H21NO6. The molecule has 0 bridgehead atoms. The minimum Gasteiger partial charge on any atom is -0.493 e. The van der Waals surface area contributed by atoms with E-state index < -0.39 is 0 Å². The van der Waals surface area contributed by atoms with Gasteiger partial charge in [-0.2, -0.15) is 0 Å². The normalized spacial score (nSPS) is 11.8. The van der Waals surface area contributed by atoms with Gasteiger partial charge in [0.1, 0.15) is 12.4 Å². The topological polar surface area (TPSA) is 75.3 Å². The highest BCUT2D eigenvalue weighted by Gasteiger charge is 2.13. The summed E-state index contributed by atoms with van der Waals surface area (Å²) in [5, 5.41) is 2.83. The fourth-order valence-electron chi connectivity index (χ4n) is 2.56. The minimum absolute atomic E-state index is 0.0912. The molecule has 0 fully saturated rings. The number of hydrogen-bond acceptors (Lipinski definition) is 6. The second kappa shape index (κ2) is 8.33. The second-order valence-electron chi connectivity index (χ2n) is 5.58. The molecule has 0 saturated heterocycles. The van der Waals surface area contributed by atoms with E-state index in [0.717, 1.165) is 5.56 Å². The molecule has 26 heavy (non-hydrogen) atoms. The van der Waals surface area contributed by atoms with Crippen LogP contribution in [0.3, 0.4) is 0 Å². The van der Waals surface area contributed by atoms with E-state index in [-0.39, 0.29) is 19.1 Å². The summed E-state index contributed by atoms with van der Waals surface area (Å²) in [5.74, 6) is 3.19. The number of nitrogens with one attached hydrogen (secondary N) is 1. The molecule has 1 heterocycles. The zero-order valence-electron chi connectivity index (χ0n) is 14.7. The van der Waals surface area contributed by atoms with Crippen LogP contribution in [0.2, 0.25) is 0 Å². The molecule has 1 N–H and O–H groups in total. The van der Waals surface area contributed by atoms with Crippen LogP contribution in [0.5, 0.6) is 28.7 Å². The van der Waals surface area contributed by atoms with Crippen LogP contribution in [0.1, 0.15) is 5.56 Å². The number of carbonyl (C=O) groups is 1. The molecule has 0 unspecified atom stereocenters. The number of ether oxygens (including phenoxy) is 5. The summed E-state index contributed by atoms with van der Waals surface area (Å²) in [7, 11) is 3.14. The maximum absolute atomic E-state index is 12.1. The van der Waals surface area contributed by atoms with Crippen LogP contribution in [0, 0.1) is 0 Å². The van der Waals surface area contributed by atoms with Crippen LogP contribution in [-0.2, 0) is 11.2 Å². The molecule has 138 valence electrons. The third-order valence-electron chi connectivity index (χ3n) is 3.85. The Kier molecular flexibility index (Phi) is 5.68. The third-order valence-corrected chi connectivity index (χ3v) is 3.85. The van der Waals surface area contributed by atoms with Crippen molar-refractivity contribution >= 4 is 5.91 Å². The molecule has 0 radical (unpaired) electrons. The Morgan fingerprint density at radius 1 is 1.04 bits per heavy atom. The lowest BCUT2D eigenvalue weighted by Gasteiger charge is -2.10. The van der Waals surface area contributed by atoms with Crippen molar-refractivity contribution in [3.63, 3.8) is 0 Å². The number of fused-ring (bicyclic) bond motifs is 1. The first-order valence-corrected chi connectivity index (χ1v) is 8.19. The van der Waals surface area contributed by atoms with Gasteiger partial charge in [0, 0.05) is 6.07 Å². The molecular weight excluding hydrogens is 338 g/mol. The van der Waals surface area contributed by atoms with E-state index in [1.165, 1.54) is 0 Å². The highest BCUT2D eigenvalue weighted by atomic mass is 16.7. The lowest BCUT2D eigenvalue weighted by atomic mass is 10.1. The number of methoxy groups -OCH3 is 2. The Bertz CT molecular complexity index is 777. The Morgan fingerprint density at radius 2 is 1.85 bits per heavy atom. The summed E-state index contributed by atoms with van der Waals surface area (Å²) in [6.45, 7) is 0.989. The van der Waals surface area contributed by atoms with Crippen LogP contribution in [0.15, 0.2) is 36.4 Å². The summed E-state index contributed by atoms with van der Waals surface area (Å²) in [5.41, 5.74) is 0.844. The fourth-order valence-corrected chi connectivity index (χ4v) is 2.56. The van der Waals surface area contributed by atoms with Crippen molar-refractivity contribution in [1.29, 1.82) is 0 Å². The van der Waals surface area contributed by atoms with E-state index in [1.54, 1.807) is 44.6 Å². The molecule has 1 aliphatic heterocycles. The summed E-state index contributed by atoms with van der Waals surface area (Å²) in [6, 6.07) is 10.8. The standard InChI is InChI=1S/C19H21NO6/c1-22-15-5-3-13(9-17(15)23-2)10-19(21)20-7-8-24-14-4-6-16-18(11-14)26-12-25-16/h3-6,9,11H,7-8,10,12H2,1-2H3,(H,20,21). The summed E-state index contributed by atoms with van der Waals surface area (Å²) in [6.07, 6.45) is 0.254. The molecule has 2 aromatic rings. The number of amides is 1. The maximum Gasteiger partial charge on any atom is 0.231 e. The zero-order chi connectivity index (χ0) is 18.4. The largest absolute Gasteiger partial charge is 0.493 e. The minimum atomic E-state index is -0.0912. The summed E-state index contributed by atoms with van der Waals surface area (Å²) < 4.78 is 26.6. The van der Waals surface area contributed by atoms with Gasteiger partial charge in [0.25, 0.3) is 0 Å². The number of benzene rings is 2. The predicted molar refractivity (Wildman–Crippen MR) is 94.3 cm³/mol. The lowest BCUT2D eigenvalue weighted by Crippen LogP contribution is -2.29. The van der Waals surface area contributed by atoms with Crippen molar-refractivity contribution in [3.8, 4) is 28.7 Å². The molecule has 1 amide bonds. The first-order chi connectivity index (χ1) is 12.7. The van der Waals surface area contributed by atoms with Crippen molar-refractivity contribution < 1.29 is 28.5 Å². The molecule has 7 nitrogen and oxygen atoms in total. The molecule has 1 aliphatic rings. The van der Waals surface area contributed by atoms with E-state index >= 15 is 0 Å². The number of hydrogen-bond donors (Lipinski definition) is 1. The Labute approximate surface area is 151 Å². The van der Waals surface area contributed by atoms with Crippen molar-refractivity contribution in [2.75, 3.05) is 34.2 Å². The monoisotopic (exact) mass is 359 g/mol. The van der Waals surface area contributed by atoms with Crippen molar-refractivity contribution in [2.24, 2.45) is 0 Å². The van der Waals surface area contributed by atoms with E-state index in [0.29, 0.717) is 41.9 Å². The summed E-state index contributed by atoms with van der Waals surface area (Å²) in [4.78, 5) is 12.1. The van der Waals surface area contributed by atoms with Gasteiger partial charge in [-0.25, -0.2) is 0 Å². The van der Waals surface area contributed by atoms with Crippen LogP contribution in [-0.4, -0.2) is 40.1 Å². The Balaban J connectivity index is 1.43. The third kappa shape index (κ3) is 4.30. The molecule has 7 heteroatoms. The fraction of sp³-hybridized carbons (Fsp3) is 0.316. The van der Waals surface area contributed by atoms with E-state index in [1.807, 2.05) is 6.07 Å². The van der Waals surface area contributed by atoms with Gasteiger partial charge in [-0.1, -0.05) is 6.07 Å². The smallest absolute Gasteiger partial charge is 0.231 e. The van der Waals surface area contributed by atoms with Gasteiger partial charge in [-0.15, -0.1) is 0 Å². The SMILES string of the molecule is COc1ccc(CC(=O)NCCOc2ccc3c(c2)OCO3)cc1OC. The van der Waals surface area contributed by atoms with Gasteiger partial charge in [-0.05, 0) is 29.8 Å². The highest BCUT2D eigenvalue weighted by Crippen LogP contribution is 2.35. The van der Waals surface area contributed by atoms with Gasteiger partial charge in [-0.3, -0.25) is 4.79 Å². The van der Waals surface area contributed by atoms with Gasteiger partial charge in [0.15, 0.2) is 23.0 Å². The Morgan fingerprint density at radius 3 is 2.65 bits per heavy atom. The van der Waals surface area contributed by atoms with Crippen LogP contribution in [0.4, 0.5) is 0 Å². The molecule has 0 atom stereocenters. The van der Waals surface area contributed by atoms with E-state index in [4.69, 9.17) is 23.7 Å². The maximum atomic E-state index is 12.1. The average Bonchev–Trinajstić information content (AvgIpc) is 3.13. The van der Waals surface area contributed by atoms with E-state index in [2.05, 4.69) is 5.32 Å². The van der Waals surface area contributed by atoms with Crippen LogP contribution in [0.25, 0.3) is 0 Å². The van der Waals surface area contributed by atoms with Gasteiger partial charge < -0.3 is 29.0 Å². The van der Waals surface area contributed by atoms with Crippen molar-refractivity contribution in [1.82, 2.24) is 5.32 Å². The van der Waals surface area contributed by atoms with E-state index in [9.17, 15) is 4.79 Å². The molecule has 3 rings (SSSR count). The van der Waals surface area contributed by atoms with Crippen molar-refractivity contribution in [2.45, 2.75) is 6.42 Å². The highest BCUT2D eigenvalue weighted by molar-refractivity contribution is 5.78. The predicted octanol–water partition coefficient (Wildman–Crippen LogP) is 2.17. The molecule has 0 aliphatic carbocycles. The second-order valence-corrected chi connectivity index (χ2v) is 5.58. The number of carbonyl (C=O) groups excluding carboxylic acids is 1. The lowest BCUT2D eigenvalue weighted by molar-refractivity contribution is -0.120. The zero-order valence-corrected chi connectivity index (χ0v) is 14.7. The summed E-state index contributed by atoms with van der Waals surface area (Å²) >= 11 is 0. The quantitative estimate of drug-likeness (QED) is 0.728. The molecule has 2 aromatic carbocycles. The first-order valence-electron chi connectivity index (χ1n) is 8.19. The van der Waals surface area contributed by atoms with Gasteiger partial charge >= 0.3 is 0 Å². The molecule has 0 aromatic heterocycles. The molecule has 0 spiro atoms. The van der Waals surface area contributed by atoms with Crippen LogP contribution < -0.4 is 29.0 Å². The number of rotatable bonds is 8. The van der Waals surface area contributed by atoms with Gasteiger partial charge in [0.05, 0.1) is 27.2 Å².